The summed E-state index contributed by atoms with van der Waals surface area (Å²) in [6.07, 6.45) is 8.57. The van der Waals surface area contributed by atoms with Gasteiger partial charge in [-0.05, 0) is 73.9 Å². The Kier molecular flexibility index (Phi) is 8.93. The van der Waals surface area contributed by atoms with E-state index in [1.165, 1.54) is 24.3 Å². The highest BCUT2D eigenvalue weighted by Crippen LogP contribution is 2.33. The monoisotopic (exact) mass is 507 g/mol. The van der Waals surface area contributed by atoms with Crippen molar-refractivity contribution >= 4 is 17.7 Å². The topological polar surface area (TPSA) is 98.7 Å². The molecule has 3 N–H and O–H groups in total. The summed E-state index contributed by atoms with van der Waals surface area (Å²) in [6, 6.07) is 8.97. The summed E-state index contributed by atoms with van der Waals surface area (Å²) >= 11 is 0. The lowest BCUT2D eigenvalue weighted by atomic mass is 9.98. The number of benzene rings is 2. The third-order valence-electron chi connectivity index (χ3n) is 6.94. The molecule has 1 aliphatic heterocycles. The summed E-state index contributed by atoms with van der Waals surface area (Å²) in [5.41, 5.74) is 1.53. The Balaban J connectivity index is 1.51. The highest BCUT2D eigenvalue weighted by molar-refractivity contribution is 5.95. The van der Waals surface area contributed by atoms with Crippen molar-refractivity contribution in [2.24, 2.45) is 5.92 Å². The van der Waals surface area contributed by atoms with Crippen LogP contribution in [0.1, 0.15) is 54.4 Å². The van der Waals surface area contributed by atoms with E-state index in [1.807, 2.05) is 0 Å². The number of rotatable bonds is 2. The second-order valence-corrected chi connectivity index (χ2v) is 9.71. The molecule has 0 radical (unpaired) electrons. The first-order valence-corrected chi connectivity index (χ1v) is 13.0. The number of allylic oxidation sites excluding steroid dienone is 2. The molecule has 7 nitrogen and oxygen atoms in total. The molecule has 0 saturated carbocycles. The van der Waals surface area contributed by atoms with E-state index < -0.39 is 5.82 Å². The van der Waals surface area contributed by atoms with Crippen molar-refractivity contribution in [3.05, 3.63) is 65.5 Å². The average molecular weight is 508 g/mol. The van der Waals surface area contributed by atoms with Crippen molar-refractivity contribution in [3.8, 4) is 16.9 Å². The van der Waals surface area contributed by atoms with Gasteiger partial charge in [0.25, 0.3) is 5.91 Å². The number of phenolic OH excluding ortho intramolecular Hbond substituents is 1. The molecule has 4 rings (SSSR count). The number of halogens is 1. The van der Waals surface area contributed by atoms with Crippen LogP contribution >= 0.6 is 0 Å². The molecule has 2 aromatic rings. The first-order valence-electron chi connectivity index (χ1n) is 13.0. The van der Waals surface area contributed by atoms with E-state index in [4.69, 9.17) is 0 Å². The fourth-order valence-electron chi connectivity index (χ4n) is 4.85. The molecular weight excluding hydrogens is 473 g/mol. The molecule has 0 fully saturated rings. The molecule has 2 aromatic carbocycles. The first-order chi connectivity index (χ1) is 17.9. The second-order valence-electron chi connectivity index (χ2n) is 9.71. The van der Waals surface area contributed by atoms with Gasteiger partial charge in [0.2, 0.25) is 11.8 Å². The molecule has 8 heteroatoms. The van der Waals surface area contributed by atoms with Crippen molar-refractivity contribution in [2.45, 2.75) is 44.9 Å². The predicted molar refractivity (Wildman–Crippen MR) is 139 cm³/mol. The molecule has 0 aromatic heterocycles. The van der Waals surface area contributed by atoms with Crippen molar-refractivity contribution in [1.82, 2.24) is 15.5 Å². The number of hydrogen-bond donors (Lipinski definition) is 3. The molecule has 1 aliphatic carbocycles. The van der Waals surface area contributed by atoms with Gasteiger partial charge in [0.15, 0.2) is 0 Å². The largest absolute Gasteiger partial charge is 0.507 e. The number of hydrogen-bond acceptors (Lipinski definition) is 4. The first kappa shape index (κ1) is 26.4. The fraction of sp³-hybridized carbons (Fsp3) is 0.414. The Bertz CT molecular complexity index is 1180. The second kappa shape index (κ2) is 12.5. The molecule has 0 spiro atoms. The van der Waals surface area contributed by atoms with Crippen molar-refractivity contribution in [2.75, 3.05) is 26.2 Å². The maximum atomic E-state index is 14.7. The van der Waals surface area contributed by atoms with Gasteiger partial charge in [-0.1, -0.05) is 18.2 Å². The van der Waals surface area contributed by atoms with Crippen LogP contribution in [-0.4, -0.2) is 53.9 Å². The Morgan fingerprint density at radius 3 is 2.65 bits per heavy atom. The van der Waals surface area contributed by atoms with Gasteiger partial charge in [-0.2, -0.15) is 0 Å². The standard InChI is InChI=1S/C29H34FN3O4/c30-25-10-9-22-19-23(25)24-17-21(8-11-26(24)34)12-14-31-27(35)7-3-15-33(16-4-13-32-29(22)37)28(36)18-20-5-1-2-6-20/h1,5,8-11,17,19-20,34H,2-4,6-7,12-16,18H2,(H,31,35)(H,32,37). The molecule has 196 valence electrons. The highest BCUT2D eigenvalue weighted by atomic mass is 19.1. The molecule has 3 amide bonds. The van der Waals surface area contributed by atoms with Crippen LogP contribution in [0.4, 0.5) is 4.39 Å². The molecule has 2 aliphatic rings. The van der Waals surface area contributed by atoms with E-state index >= 15 is 0 Å². The number of nitrogens with zero attached hydrogens (tertiary/aromatic N) is 1. The van der Waals surface area contributed by atoms with E-state index in [0.29, 0.717) is 63.8 Å². The third kappa shape index (κ3) is 7.18. The number of fused-ring (bicyclic) bond motifs is 5. The summed E-state index contributed by atoms with van der Waals surface area (Å²) in [7, 11) is 0. The number of amides is 3. The minimum atomic E-state index is -0.547. The Morgan fingerprint density at radius 1 is 1.00 bits per heavy atom. The van der Waals surface area contributed by atoms with Crippen molar-refractivity contribution in [3.63, 3.8) is 0 Å². The lowest BCUT2D eigenvalue weighted by Gasteiger charge is -2.24. The Labute approximate surface area is 216 Å². The van der Waals surface area contributed by atoms with Crippen LogP contribution in [0.5, 0.6) is 5.75 Å². The zero-order valence-corrected chi connectivity index (χ0v) is 21.0. The summed E-state index contributed by atoms with van der Waals surface area (Å²) in [4.78, 5) is 40.0. The minimum absolute atomic E-state index is 0.0661. The SMILES string of the molecule is O=C1CCCN(C(=O)CC2C=CCC2)CCCNC(=O)c2ccc(F)c(c2)-c2cc(ccc2O)CCN1. The van der Waals surface area contributed by atoms with E-state index in [0.717, 1.165) is 18.4 Å². The molecule has 4 bridgehead atoms. The zero-order chi connectivity index (χ0) is 26.2. The van der Waals surface area contributed by atoms with E-state index in [1.54, 1.807) is 17.0 Å². The van der Waals surface area contributed by atoms with Gasteiger partial charge in [-0.15, -0.1) is 0 Å². The quantitative estimate of drug-likeness (QED) is 0.536. The minimum Gasteiger partial charge on any atom is -0.507 e. The lowest BCUT2D eigenvalue weighted by molar-refractivity contribution is -0.132. The summed E-state index contributed by atoms with van der Waals surface area (Å²) in [6.45, 7) is 1.70. The maximum Gasteiger partial charge on any atom is 0.251 e. The third-order valence-corrected chi connectivity index (χ3v) is 6.94. The van der Waals surface area contributed by atoms with Crippen molar-refractivity contribution in [1.29, 1.82) is 0 Å². The Hall–Kier alpha value is -3.68. The molecular formula is C29H34FN3O4. The summed E-state index contributed by atoms with van der Waals surface area (Å²) in [5, 5.41) is 16.1. The van der Waals surface area contributed by atoms with Gasteiger partial charge < -0.3 is 20.6 Å². The van der Waals surface area contributed by atoms with Crippen LogP contribution in [0, 0.1) is 11.7 Å². The average Bonchev–Trinajstić information content (AvgIpc) is 3.39. The molecule has 0 saturated heterocycles. The van der Waals surface area contributed by atoms with E-state index in [9.17, 15) is 23.9 Å². The normalized spacial score (nSPS) is 19.4. The molecule has 37 heavy (non-hydrogen) atoms. The lowest BCUT2D eigenvalue weighted by Crippen LogP contribution is -2.36. The van der Waals surface area contributed by atoms with Crippen LogP contribution in [0.15, 0.2) is 48.6 Å². The Morgan fingerprint density at radius 2 is 1.84 bits per heavy atom. The summed E-state index contributed by atoms with van der Waals surface area (Å²) in [5.74, 6) is -0.746. The summed E-state index contributed by atoms with van der Waals surface area (Å²) < 4.78 is 14.7. The number of phenols is 1. The van der Waals surface area contributed by atoms with Crippen LogP contribution in [0.3, 0.4) is 0 Å². The van der Waals surface area contributed by atoms with Gasteiger partial charge in [0.05, 0.1) is 0 Å². The van der Waals surface area contributed by atoms with Gasteiger partial charge >= 0.3 is 0 Å². The zero-order valence-electron chi connectivity index (χ0n) is 21.0. The number of nitrogens with one attached hydrogen (secondary N) is 2. The van der Waals surface area contributed by atoms with Crippen LogP contribution in [0.25, 0.3) is 11.1 Å². The highest BCUT2D eigenvalue weighted by Gasteiger charge is 2.20. The van der Waals surface area contributed by atoms with Gasteiger partial charge in [-0.25, -0.2) is 4.39 Å². The predicted octanol–water partition coefficient (Wildman–Crippen LogP) is 3.96. The van der Waals surface area contributed by atoms with Crippen LogP contribution in [0.2, 0.25) is 0 Å². The maximum absolute atomic E-state index is 14.7. The van der Waals surface area contributed by atoms with Crippen LogP contribution in [-0.2, 0) is 16.0 Å². The molecule has 1 heterocycles. The van der Waals surface area contributed by atoms with Gasteiger partial charge in [-0.3, -0.25) is 14.4 Å². The van der Waals surface area contributed by atoms with Crippen molar-refractivity contribution < 1.29 is 23.9 Å². The van der Waals surface area contributed by atoms with Crippen LogP contribution < -0.4 is 10.6 Å². The number of carbonyl (C=O) groups excluding carboxylic acids is 3. The number of carbonyl (C=O) groups is 3. The number of aromatic hydroxyl groups is 1. The van der Waals surface area contributed by atoms with Gasteiger partial charge in [0.1, 0.15) is 11.6 Å². The smallest absolute Gasteiger partial charge is 0.251 e. The van der Waals surface area contributed by atoms with E-state index in [-0.39, 0.29) is 40.5 Å². The molecule has 1 atom stereocenters. The van der Waals surface area contributed by atoms with Gasteiger partial charge in [0, 0.05) is 55.7 Å². The van der Waals surface area contributed by atoms with E-state index in [2.05, 4.69) is 22.8 Å². The molecule has 1 unspecified atom stereocenters. The fourth-order valence-corrected chi connectivity index (χ4v) is 4.85.